The molecule has 39 heavy (non-hydrogen) atoms. The molecule has 1 aliphatic carbocycles. The quantitative estimate of drug-likeness (QED) is 0.229. The van der Waals surface area contributed by atoms with Crippen molar-refractivity contribution in [3.05, 3.63) is 145 Å². The van der Waals surface area contributed by atoms with Crippen LogP contribution in [-0.2, 0) is 0 Å². The summed E-state index contributed by atoms with van der Waals surface area (Å²) in [5.74, 6) is 0. The molecular weight excluding hydrogens is 472 g/mol. The Morgan fingerprint density at radius 3 is 1.87 bits per heavy atom. The van der Waals surface area contributed by atoms with Crippen LogP contribution in [0.5, 0.6) is 0 Å². The zero-order valence-corrected chi connectivity index (χ0v) is 21.5. The van der Waals surface area contributed by atoms with Crippen molar-refractivity contribution in [1.82, 2.24) is 9.13 Å². The molecule has 7 aromatic rings. The van der Waals surface area contributed by atoms with Crippen LogP contribution in [0.3, 0.4) is 0 Å². The lowest BCUT2D eigenvalue weighted by molar-refractivity contribution is 1.10. The highest BCUT2D eigenvalue weighted by atomic mass is 15.0. The molecule has 0 fully saturated rings. The highest BCUT2D eigenvalue weighted by molar-refractivity contribution is 6.10. The molecule has 1 aliphatic rings. The third-order valence-electron chi connectivity index (χ3n) is 7.91. The second-order valence-corrected chi connectivity index (χ2v) is 10.2. The second-order valence-electron chi connectivity index (χ2n) is 10.2. The van der Waals surface area contributed by atoms with Gasteiger partial charge < -0.3 is 9.13 Å². The minimum Gasteiger partial charge on any atom is -0.309 e. The van der Waals surface area contributed by atoms with Gasteiger partial charge in [0, 0.05) is 33.1 Å². The molecule has 5 aromatic carbocycles. The van der Waals surface area contributed by atoms with Gasteiger partial charge in [-0.3, -0.25) is 0 Å². The first-order chi connectivity index (χ1) is 19.4. The highest BCUT2D eigenvalue weighted by Crippen LogP contribution is 2.38. The van der Waals surface area contributed by atoms with Gasteiger partial charge in [0.15, 0.2) is 0 Å². The lowest BCUT2D eigenvalue weighted by Gasteiger charge is -2.10. The maximum atomic E-state index is 2.39. The lowest BCUT2D eigenvalue weighted by atomic mass is 10.0. The van der Waals surface area contributed by atoms with Crippen molar-refractivity contribution in [3.63, 3.8) is 0 Å². The van der Waals surface area contributed by atoms with E-state index in [1.54, 1.807) is 0 Å². The fourth-order valence-electron chi connectivity index (χ4n) is 6.16. The van der Waals surface area contributed by atoms with E-state index < -0.39 is 0 Å². The Bertz CT molecular complexity index is 2070. The fourth-order valence-corrected chi connectivity index (χ4v) is 6.16. The van der Waals surface area contributed by atoms with Gasteiger partial charge in [-0.15, -0.1) is 0 Å². The van der Waals surface area contributed by atoms with Gasteiger partial charge in [0.1, 0.15) is 0 Å². The zero-order valence-electron chi connectivity index (χ0n) is 21.5. The van der Waals surface area contributed by atoms with Gasteiger partial charge in [-0.05, 0) is 72.2 Å². The van der Waals surface area contributed by atoms with Crippen LogP contribution < -0.4 is 0 Å². The normalized spacial score (nSPS) is 12.8. The predicted molar refractivity (Wildman–Crippen MR) is 166 cm³/mol. The topological polar surface area (TPSA) is 9.86 Å². The Hall–Kier alpha value is -5.08. The Kier molecular flexibility index (Phi) is 4.92. The lowest BCUT2D eigenvalue weighted by Crippen LogP contribution is -1.96. The Morgan fingerprint density at radius 2 is 1.05 bits per heavy atom. The predicted octanol–water partition coefficient (Wildman–Crippen LogP) is 9.82. The van der Waals surface area contributed by atoms with Crippen LogP contribution in [-0.4, -0.2) is 9.13 Å². The van der Waals surface area contributed by atoms with Crippen molar-refractivity contribution in [3.8, 4) is 22.5 Å². The molecule has 0 atom stereocenters. The molecule has 0 radical (unpaired) electrons. The highest BCUT2D eigenvalue weighted by Gasteiger charge is 2.18. The average Bonchev–Trinajstić information content (AvgIpc) is 3.37. The average molecular weight is 499 g/mol. The SMILES string of the molecule is C1=Cc2c(n(-c3ccccc3)c3ccc(-c4ccc5c6ccccc6n(-c6ccccc6)c5c4)cc23)C=CC1. The van der Waals surface area contributed by atoms with Gasteiger partial charge in [-0.2, -0.15) is 0 Å². The molecule has 2 heterocycles. The van der Waals surface area contributed by atoms with E-state index in [1.807, 2.05) is 0 Å². The molecule has 184 valence electrons. The van der Waals surface area contributed by atoms with Crippen LogP contribution in [0.4, 0.5) is 0 Å². The summed E-state index contributed by atoms with van der Waals surface area (Å²) in [6, 6.07) is 43.9. The summed E-state index contributed by atoms with van der Waals surface area (Å²) in [5.41, 5.74) is 11.0. The number of hydrogen-bond donors (Lipinski definition) is 0. The summed E-state index contributed by atoms with van der Waals surface area (Å²) in [4.78, 5) is 0. The van der Waals surface area contributed by atoms with Crippen molar-refractivity contribution in [2.24, 2.45) is 0 Å². The molecule has 0 unspecified atom stereocenters. The minimum atomic E-state index is 0.950. The molecule has 0 spiro atoms. The maximum Gasteiger partial charge on any atom is 0.0547 e. The molecule has 2 nitrogen and oxygen atoms in total. The summed E-state index contributed by atoms with van der Waals surface area (Å²) < 4.78 is 4.77. The Balaban J connectivity index is 1.37. The van der Waals surface area contributed by atoms with Gasteiger partial charge >= 0.3 is 0 Å². The van der Waals surface area contributed by atoms with Crippen molar-refractivity contribution >= 4 is 44.9 Å². The summed E-state index contributed by atoms with van der Waals surface area (Å²) in [5, 5.41) is 3.83. The monoisotopic (exact) mass is 498 g/mol. The first kappa shape index (κ1) is 22.0. The van der Waals surface area contributed by atoms with E-state index in [1.165, 1.54) is 66.5 Å². The Morgan fingerprint density at radius 1 is 0.436 bits per heavy atom. The molecule has 2 aromatic heterocycles. The van der Waals surface area contributed by atoms with Crippen LogP contribution >= 0.6 is 0 Å². The number of allylic oxidation sites excluding steroid dienone is 2. The molecule has 2 heteroatoms. The van der Waals surface area contributed by atoms with E-state index in [-0.39, 0.29) is 0 Å². The summed E-state index contributed by atoms with van der Waals surface area (Å²) in [6.07, 6.45) is 10.0. The van der Waals surface area contributed by atoms with E-state index in [9.17, 15) is 0 Å². The third-order valence-corrected chi connectivity index (χ3v) is 7.91. The number of fused-ring (bicyclic) bond motifs is 6. The molecule has 8 rings (SSSR count). The van der Waals surface area contributed by atoms with Crippen LogP contribution in [0.25, 0.3) is 67.4 Å². The van der Waals surface area contributed by atoms with Crippen molar-refractivity contribution in [1.29, 1.82) is 0 Å². The minimum absolute atomic E-state index is 0.950. The van der Waals surface area contributed by atoms with E-state index >= 15 is 0 Å². The first-order valence-corrected chi connectivity index (χ1v) is 13.5. The number of hydrogen-bond acceptors (Lipinski definition) is 0. The molecule has 0 N–H and O–H groups in total. The molecule has 0 bridgehead atoms. The van der Waals surface area contributed by atoms with E-state index in [0.29, 0.717) is 0 Å². The van der Waals surface area contributed by atoms with Gasteiger partial charge in [0.2, 0.25) is 0 Å². The van der Waals surface area contributed by atoms with Gasteiger partial charge in [-0.1, -0.05) is 91.0 Å². The van der Waals surface area contributed by atoms with Crippen molar-refractivity contribution in [2.75, 3.05) is 0 Å². The van der Waals surface area contributed by atoms with Gasteiger partial charge in [-0.25, -0.2) is 0 Å². The smallest absolute Gasteiger partial charge is 0.0547 e. The second kappa shape index (κ2) is 8.75. The number of benzene rings is 5. The number of para-hydroxylation sites is 3. The number of aromatic nitrogens is 2. The summed E-state index contributed by atoms with van der Waals surface area (Å²) in [6.45, 7) is 0. The van der Waals surface area contributed by atoms with Crippen molar-refractivity contribution < 1.29 is 0 Å². The largest absolute Gasteiger partial charge is 0.309 e. The van der Waals surface area contributed by atoms with Crippen LogP contribution in [0.15, 0.2) is 133 Å². The molecule has 0 aliphatic heterocycles. The molecule has 0 amide bonds. The molecule has 0 saturated carbocycles. The van der Waals surface area contributed by atoms with Crippen LogP contribution in [0.1, 0.15) is 17.7 Å². The van der Waals surface area contributed by atoms with Gasteiger partial charge in [0.25, 0.3) is 0 Å². The van der Waals surface area contributed by atoms with Crippen LogP contribution in [0, 0.1) is 0 Å². The molecular formula is C37H26N2. The fraction of sp³-hybridized carbons (Fsp3) is 0.0270. The Labute approximate surface area is 227 Å². The third kappa shape index (κ3) is 3.42. The van der Waals surface area contributed by atoms with Crippen LogP contribution in [0.2, 0.25) is 0 Å². The summed E-state index contributed by atoms with van der Waals surface area (Å²) in [7, 11) is 0. The van der Waals surface area contributed by atoms with E-state index in [0.717, 1.165) is 6.42 Å². The molecule has 0 saturated heterocycles. The van der Waals surface area contributed by atoms with Gasteiger partial charge in [0.05, 0.1) is 22.2 Å². The van der Waals surface area contributed by atoms with Crippen molar-refractivity contribution in [2.45, 2.75) is 6.42 Å². The first-order valence-electron chi connectivity index (χ1n) is 13.5. The zero-order chi connectivity index (χ0) is 25.8. The van der Waals surface area contributed by atoms with E-state index in [4.69, 9.17) is 0 Å². The standard InChI is InChI=1S/C37H26N2/c1-4-12-28(13-5-1)38-35-18-9-3-8-16-31(35)33-24-26(21-23-36(33)38)27-20-22-32-30-17-10-11-19-34(30)39(37(32)25-27)29-14-6-2-7-15-29/h1-2,4-25H,3H2. The summed E-state index contributed by atoms with van der Waals surface area (Å²) >= 11 is 0. The van der Waals surface area contributed by atoms with E-state index in [2.05, 4.69) is 155 Å². The number of nitrogens with zero attached hydrogens (tertiary/aromatic N) is 2. The number of rotatable bonds is 3. The maximum absolute atomic E-state index is 2.39.